The molecule has 20 heavy (non-hydrogen) atoms. The molecular weight excluding hydrogens is 293 g/mol. The quantitative estimate of drug-likeness (QED) is 0.929. The van der Waals surface area contributed by atoms with E-state index in [0.717, 1.165) is 33.8 Å². The Balaban J connectivity index is 2.36. The number of aryl methyl sites for hydroxylation is 3. The fraction of sp³-hybridized carbons (Fsp3) is 0.400. The van der Waals surface area contributed by atoms with Gasteiger partial charge in [-0.05, 0) is 38.4 Å². The van der Waals surface area contributed by atoms with Crippen molar-refractivity contribution < 1.29 is 0 Å². The van der Waals surface area contributed by atoms with Crippen molar-refractivity contribution >= 4 is 23.2 Å². The van der Waals surface area contributed by atoms with Crippen molar-refractivity contribution in [1.29, 1.82) is 0 Å². The van der Waals surface area contributed by atoms with E-state index in [1.54, 1.807) is 4.68 Å². The molecule has 3 nitrogen and oxygen atoms in total. The Morgan fingerprint density at radius 2 is 2.00 bits per heavy atom. The number of likely N-dealkylation sites (N-methyl/N-ethyl adjacent to an activating group) is 1. The third-order valence-corrected chi connectivity index (χ3v) is 4.61. The van der Waals surface area contributed by atoms with Crippen LogP contribution in [-0.2, 0) is 13.5 Å². The lowest BCUT2D eigenvalue weighted by atomic mass is 9.98. The summed E-state index contributed by atoms with van der Waals surface area (Å²) in [6.07, 6.45) is 0.762. The van der Waals surface area contributed by atoms with Crippen LogP contribution in [0.25, 0.3) is 0 Å². The molecule has 1 aromatic heterocycles. The van der Waals surface area contributed by atoms with E-state index in [2.05, 4.69) is 16.5 Å². The normalized spacial score (nSPS) is 12.7. The number of hydrogen-bond acceptors (Lipinski definition) is 2. The summed E-state index contributed by atoms with van der Waals surface area (Å²) in [5.74, 6) is 0. The molecule has 1 atom stereocenters. The minimum Gasteiger partial charge on any atom is -0.313 e. The van der Waals surface area contributed by atoms with Crippen LogP contribution in [0.2, 0.25) is 10.2 Å². The first-order chi connectivity index (χ1) is 9.45. The van der Waals surface area contributed by atoms with Gasteiger partial charge in [0.1, 0.15) is 5.15 Å². The molecule has 0 amide bonds. The van der Waals surface area contributed by atoms with Crippen LogP contribution in [0.4, 0.5) is 0 Å². The summed E-state index contributed by atoms with van der Waals surface area (Å²) >= 11 is 12.7. The van der Waals surface area contributed by atoms with Gasteiger partial charge in [-0.1, -0.05) is 41.4 Å². The van der Waals surface area contributed by atoms with Crippen LogP contribution < -0.4 is 5.32 Å². The zero-order chi connectivity index (χ0) is 14.9. The molecule has 1 heterocycles. The van der Waals surface area contributed by atoms with Crippen LogP contribution in [0.15, 0.2) is 18.2 Å². The van der Waals surface area contributed by atoms with E-state index in [4.69, 9.17) is 23.2 Å². The standard InChI is InChI=1S/C15H19Cl2N3/c1-9-6-5-7-11(14(9)16)13(18-3)8-12-10(2)19-20(4)15(12)17/h5-7,13,18H,8H2,1-4H3. The SMILES string of the molecule is CNC(Cc1c(C)nn(C)c1Cl)c1cccc(C)c1Cl. The number of hydrogen-bond donors (Lipinski definition) is 1. The van der Waals surface area contributed by atoms with Crippen molar-refractivity contribution in [2.45, 2.75) is 26.3 Å². The van der Waals surface area contributed by atoms with Crippen LogP contribution in [0.5, 0.6) is 0 Å². The van der Waals surface area contributed by atoms with Crippen LogP contribution in [0.3, 0.4) is 0 Å². The lowest BCUT2D eigenvalue weighted by molar-refractivity contribution is 0.590. The van der Waals surface area contributed by atoms with Crippen LogP contribution in [0.1, 0.15) is 28.4 Å². The number of nitrogens with zero attached hydrogens (tertiary/aromatic N) is 2. The molecule has 0 aliphatic heterocycles. The number of rotatable bonds is 4. The van der Waals surface area contributed by atoms with Crippen LogP contribution in [-0.4, -0.2) is 16.8 Å². The molecule has 0 saturated heterocycles. The minimum atomic E-state index is 0.114. The van der Waals surface area contributed by atoms with Gasteiger partial charge in [-0.25, -0.2) is 0 Å². The Morgan fingerprint density at radius 3 is 2.55 bits per heavy atom. The second kappa shape index (κ2) is 6.17. The molecule has 0 aliphatic rings. The van der Waals surface area contributed by atoms with Crippen molar-refractivity contribution in [3.05, 3.63) is 50.8 Å². The van der Waals surface area contributed by atoms with Gasteiger partial charge in [0.15, 0.2) is 0 Å². The maximum atomic E-state index is 6.42. The highest BCUT2D eigenvalue weighted by Gasteiger charge is 2.19. The predicted molar refractivity (Wildman–Crippen MR) is 84.6 cm³/mol. The zero-order valence-corrected chi connectivity index (χ0v) is 13.7. The Bertz CT molecular complexity index is 620. The van der Waals surface area contributed by atoms with E-state index >= 15 is 0 Å². The number of nitrogens with one attached hydrogen (secondary N) is 1. The molecule has 0 spiro atoms. The summed E-state index contributed by atoms with van der Waals surface area (Å²) in [6.45, 7) is 3.99. The highest BCUT2D eigenvalue weighted by Crippen LogP contribution is 2.30. The van der Waals surface area contributed by atoms with Gasteiger partial charge in [-0.3, -0.25) is 4.68 Å². The average Bonchev–Trinajstić information content (AvgIpc) is 2.65. The number of halogens is 2. The van der Waals surface area contributed by atoms with E-state index in [9.17, 15) is 0 Å². The largest absolute Gasteiger partial charge is 0.313 e. The van der Waals surface area contributed by atoms with Crippen molar-refractivity contribution in [3.63, 3.8) is 0 Å². The second-order valence-electron chi connectivity index (χ2n) is 5.00. The van der Waals surface area contributed by atoms with Crippen LogP contribution >= 0.6 is 23.2 Å². The van der Waals surface area contributed by atoms with Gasteiger partial charge >= 0.3 is 0 Å². The maximum Gasteiger partial charge on any atom is 0.130 e. The summed E-state index contributed by atoms with van der Waals surface area (Å²) in [5.41, 5.74) is 4.19. The van der Waals surface area contributed by atoms with Crippen molar-refractivity contribution in [2.75, 3.05) is 7.05 Å². The first-order valence-corrected chi connectivity index (χ1v) is 7.31. The van der Waals surface area contributed by atoms with E-state index < -0.39 is 0 Å². The molecule has 0 radical (unpaired) electrons. The molecule has 1 unspecified atom stereocenters. The molecule has 2 aromatic rings. The fourth-order valence-electron chi connectivity index (χ4n) is 2.42. The lowest BCUT2D eigenvalue weighted by Gasteiger charge is -2.19. The second-order valence-corrected chi connectivity index (χ2v) is 5.74. The topological polar surface area (TPSA) is 29.9 Å². The minimum absolute atomic E-state index is 0.114. The van der Waals surface area contributed by atoms with Gasteiger partial charge in [0.2, 0.25) is 0 Å². The van der Waals surface area contributed by atoms with Gasteiger partial charge in [0, 0.05) is 23.7 Å². The number of benzene rings is 1. The van der Waals surface area contributed by atoms with E-state index in [1.807, 2.05) is 40.1 Å². The number of aromatic nitrogens is 2. The first kappa shape index (κ1) is 15.4. The Hall–Kier alpha value is -1.03. The third-order valence-electron chi connectivity index (χ3n) is 3.62. The average molecular weight is 312 g/mol. The molecule has 0 saturated carbocycles. The van der Waals surface area contributed by atoms with Crippen molar-refractivity contribution in [1.82, 2.24) is 15.1 Å². The first-order valence-electron chi connectivity index (χ1n) is 6.56. The summed E-state index contributed by atoms with van der Waals surface area (Å²) in [4.78, 5) is 0. The summed E-state index contributed by atoms with van der Waals surface area (Å²) in [7, 11) is 3.79. The fourth-order valence-corrected chi connectivity index (χ4v) is 2.93. The Kier molecular flexibility index (Phi) is 4.74. The molecule has 2 rings (SSSR count). The molecule has 108 valence electrons. The van der Waals surface area contributed by atoms with Crippen molar-refractivity contribution in [3.8, 4) is 0 Å². The van der Waals surface area contributed by atoms with Gasteiger partial charge in [0.25, 0.3) is 0 Å². The smallest absolute Gasteiger partial charge is 0.130 e. The molecular formula is C15H19Cl2N3. The molecule has 1 aromatic carbocycles. The predicted octanol–water partition coefficient (Wildman–Crippen LogP) is 3.85. The summed E-state index contributed by atoms with van der Waals surface area (Å²) in [5, 5.41) is 9.17. The molecule has 0 bridgehead atoms. The van der Waals surface area contributed by atoms with E-state index in [-0.39, 0.29) is 6.04 Å². The molecule has 0 aliphatic carbocycles. The van der Waals surface area contributed by atoms with E-state index in [0.29, 0.717) is 5.15 Å². The van der Waals surface area contributed by atoms with Crippen LogP contribution in [0, 0.1) is 13.8 Å². The maximum absolute atomic E-state index is 6.42. The lowest BCUT2D eigenvalue weighted by Crippen LogP contribution is -2.19. The molecule has 5 heteroatoms. The van der Waals surface area contributed by atoms with Gasteiger partial charge < -0.3 is 5.32 Å². The van der Waals surface area contributed by atoms with E-state index in [1.165, 1.54) is 0 Å². The highest BCUT2D eigenvalue weighted by atomic mass is 35.5. The monoisotopic (exact) mass is 311 g/mol. The van der Waals surface area contributed by atoms with Gasteiger partial charge in [0.05, 0.1) is 5.69 Å². The molecule has 1 N–H and O–H groups in total. The third kappa shape index (κ3) is 2.85. The summed E-state index contributed by atoms with van der Waals surface area (Å²) in [6, 6.07) is 6.21. The molecule has 0 fully saturated rings. The Morgan fingerprint density at radius 1 is 1.30 bits per heavy atom. The zero-order valence-electron chi connectivity index (χ0n) is 12.2. The summed E-state index contributed by atoms with van der Waals surface area (Å²) < 4.78 is 1.71. The Labute approximate surface area is 129 Å². The van der Waals surface area contributed by atoms with Gasteiger partial charge in [-0.15, -0.1) is 0 Å². The van der Waals surface area contributed by atoms with Crippen molar-refractivity contribution in [2.24, 2.45) is 7.05 Å². The highest BCUT2D eigenvalue weighted by molar-refractivity contribution is 6.32. The van der Waals surface area contributed by atoms with Gasteiger partial charge in [-0.2, -0.15) is 5.10 Å².